The molecule has 0 saturated heterocycles. The maximum atomic E-state index is 12.2. The Balaban J connectivity index is 1.58. The number of halogens is 2. The van der Waals surface area contributed by atoms with Crippen molar-refractivity contribution >= 4 is 34.8 Å². The van der Waals surface area contributed by atoms with Gasteiger partial charge in [-0.15, -0.1) is 0 Å². The second-order valence-corrected chi connectivity index (χ2v) is 6.30. The van der Waals surface area contributed by atoms with E-state index in [1.807, 2.05) is 6.07 Å². The summed E-state index contributed by atoms with van der Waals surface area (Å²) in [5.41, 5.74) is 1.52. The quantitative estimate of drug-likeness (QED) is 0.635. The van der Waals surface area contributed by atoms with E-state index < -0.39 is 0 Å². The van der Waals surface area contributed by atoms with E-state index in [4.69, 9.17) is 27.9 Å². The van der Waals surface area contributed by atoms with Gasteiger partial charge in [0.05, 0.1) is 6.20 Å². The Kier molecular flexibility index (Phi) is 6.04. The van der Waals surface area contributed by atoms with Crippen LogP contribution in [0.2, 0.25) is 10.0 Å². The predicted molar refractivity (Wildman–Crippen MR) is 102 cm³/mol. The maximum Gasteiger partial charge on any atom is 0.237 e. The molecule has 5 nitrogen and oxygen atoms in total. The second kappa shape index (κ2) is 8.65. The minimum Gasteiger partial charge on any atom is -0.437 e. The van der Waals surface area contributed by atoms with Gasteiger partial charge < -0.3 is 10.1 Å². The van der Waals surface area contributed by atoms with Crippen LogP contribution in [0.25, 0.3) is 0 Å². The van der Waals surface area contributed by atoms with Crippen LogP contribution in [0.3, 0.4) is 0 Å². The van der Waals surface area contributed by atoms with Gasteiger partial charge in [-0.05, 0) is 36.2 Å². The van der Waals surface area contributed by atoms with Gasteiger partial charge in [-0.2, -0.15) is 0 Å². The van der Waals surface area contributed by atoms with Gasteiger partial charge in [0.1, 0.15) is 5.75 Å². The lowest BCUT2D eigenvalue weighted by atomic mass is 10.1. The van der Waals surface area contributed by atoms with Crippen LogP contribution < -0.4 is 10.1 Å². The largest absolute Gasteiger partial charge is 0.437 e. The monoisotopic (exact) mass is 387 g/mol. The highest BCUT2D eigenvalue weighted by atomic mass is 35.5. The molecule has 3 rings (SSSR count). The normalized spacial score (nSPS) is 10.4. The number of amides is 1. The number of nitrogens with one attached hydrogen (secondary N) is 1. The van der Waals surface area contributed by atoms with E-state index in [9.17, 15) is 4.79 Å². The molecule has 26 heavy (non-hydrogen) atoms. The molecule has 0 unspecified atom stereocenters. The summed E-state index contributed by atoms with van der Waals surface area (Å²) >= 11 is 12.0. The van der Waals surface area contributed by atoms with Crippen molar-refractivity contribution in [1.82, 2.24) is 9.97 Å². The highest BCUT2D eigenvalue weighted by Gasteiger charge is 2.07. The molecule has 0 aliphatic carbocycles. The smallest absolute Gasteiger partial charge is 0.237 e. The van der Waals surface area contributed by atoms with Gasteiger partial charge >= 0.3 is 0 Å². The second-order valence-electron chi connectivity index (χ2n) is 5.46. The fraction of sp³-hybridized carbons (Fsp3) is 0.105. The molecular formula is C19H15Cl2N3O2. The molecule has 2 aromatic carbocycles. The summed E-state index contributed by atoms with van der Waals surface area (Å²) < 4.78 is 5.60. The summed E-state index contributed by atoms with van der Waals surface area (Å²) in [5.74, 6) is 0.824. The maximum absolute atomic E-state index is 12.2. The molecule has 7 heteroatoms. The summed E-state index contributed by atoms with van der Waals surface area (Å²) in [4.78, 5) is 20.2. The van der Waals surface area contributed by atoms with Crippen LogP contribution in [0.1, 0.15) is 12.0 Å². The Morgan fingerprint density at radius 3 is 2.77 bits per heavy atom. The van der Waals surface area contributed by atoms with E-state index in [1.165, 1.54) is 6.20 Å². The Morgan fingerprint density at radius 2 is 2.00 bits per heavy atom. The Labute approximate surface area is 161 Å². The molecule has 1 N–H and O–H groups in total. The highest BCUT2D eigenvalue weighted by Crippen LogP contribution is 2.24. The molecular weight excluding hydrogens is 373 g/mol. The van der Waals surface area contributed by atoms with E-state index in [1.54, 1.807) is 48.8 Å². The SMILES string of the molecule is O=C(CCc1ccc(Cl)cc1Cl)Nc1cccc(Oc2cnccn2)c1. The molecule has 0 saturated carbocycles. The summed E-state index contributed by atoms with van der Waals surface area (Å²) in [6.07, 6.45) is 5.45. The van der Waals surface area contributed by atoms with Crippen molar-refractivity contribution in [2.45, 2.75) is 12.8 Å². The van der Waals surface area contributed by atoms with Crippen molar-refractivity contribution < 1.29 is 9.53 Å². The predicted octanol–water partition coefficient (Wildman–Crippen LogP) is 5.15. The minimum absolute atomic E-state index is 0.118. The zero-order chi connectivity index (χ0) is 18.4. The minimum atomic E-state index is -0.118. The zero-order valence-corrected chi connectivity index (χ0v) is 15.2. The third-order valence-corrected chi connectivity index (χ3v) is 4.10. The van der Waals surface area contributed by atoms with E-state index in [0.717, 1.165) is 5.56 Å². The van der Waals surface area contributed by atoms with Gasteiger partial charge in [0.15, 0.2) is 0 Å². The number of carbonyl (C=O) groups excluding carboxylic acids is 1. The standard InChI is InChI=1S/C19H15Cl2N3O2/c20-14-6-4-13(17(21)10-14)5-7-18(25)24-15-2-1-3-16(11-15)26-19-12-22-8-9-23-19/h1-4,6,8-12H,5,7H2,(H,24,25). The molecule has 0 atom stereocenters. The van der Waals surface area contributed by atoms with E-state index in [-0.39, 0.29) is 5.91 Å². The van der Waals surface area contributed by atoms with E-state index in [0.29, 0.717) is 40.2 Å². The van der Waals surface area contributed by atoms with Crippen LogP contribution in [-0.2, 0) is 11.2 Å². The number of rotatable bonds is 6. The number of benzene rings is 2. The molecule has 1 aromatic heterocycles. The molecule has 0 spiro atoms. The average molecular weight is 388 g/mol. The summed E-state index contributed by atoms with van der Waals surface area (Å²) in [7, 11) is 0. The third-order valence-electron chi connectivity index (χ3n) is 3.52. The van der Waals surface area contributed by atoms with Crippen LogP contribution in [0.15, 0.2) is 61.1 Å². The Morgan fingerprint density at radius 1 is 1.12 bits per heavy atom. The first-order valence-corrected chi connectivity index (χ1v) is 8.63. The number of hydrogen-bond acceptors (Lipinski definition) is 4. The molecule has 0 aliphatic heterocycles. The number of ether oxygens (including phenoxy) is 1. The van der Waals surface area contributed by atoms with E-state index >= 15 is 0 Å². The van der Waals surface area contributed by atoms with Crippen molar-refractivity contribution in [2.75, 3.05) is 5.32 Å². The Bertz CT molecular complexity index is 904. The lowest BCUT2D eigenvalue weighted by Gasteiger charge is -2.09. The van der Waals surface area contributed by atoms with Gasteiger partial charge in [0.2, 0.25) is 11.8 Å². The molecule has 0 bridgehead atoms. The number of anilines is 1. The first kappa shape index (κ1) is 18.2. The molecule has 0 aliphatic rings. The van der Waals surface area contributed by atoms with Gasteiger partial charge in [0.25, 0.3) is 0 Å². The van der Waals surface area contributed by atoms with Crippen molar-refractivity contribution in [1.29, 1.82) is 0 Å². The topological polar surface area (TPSA) is 64.1 Å². The molecule has 0 fully saturated rings. The number of aromatic nitrogens is 2. The first-order chi connectivity index (χ1) is 12.6. The third kappa shape index (κ3) is 5.18. The van der Waals surface area contributed by atoms with Crippen molar-refractivity contribution in [3.63, 3.8) is 0 Å². The Hall–Kier alpha value is -2.63. The van der Waals surface area contributed by atoms with Gasteiger partial charge in [-0.1, -0.05) is 35.3 Å². The zero-order valence-electron chi connectivity index (χ0n) is 13.7. The molecule has 3 aromatic rings. The number of carbonyl (C=O) groups is 1. The number of aryl methyl sites for hydroxylation is 1. The highest BCUT2D eigenvalue weighted by molar-refractivity contribution is 6.35. The number of nitrogens with zero attached hydrogens (tertiary/aromatic N) is 2. The van der Waals surface area contributed by atoms with Crippen molar-refractivity contribution in [3.8, 4) is 11.6 Å². The average Bonchev–Trinajstić information content (AvgIpc) is 2.62. The van der Waals surface area contributed by atoms with Crippen LogP contribution in [0.4, 0.5) is 5.69 Å². The molecule has 1 amide bonds. The molecule has 132 valence electrons. The molecule has 1 heterocycles. The number of hydrogen-bond donors (Lipinski definition) is 1. The lowest BCUT2D eigenvalue weighted by molar-refractivity contribution is -0.116. The van der Waals surface area contributed by atoms with Gasteiger partial charge in [0, 0.05) is 40.6 Å². The lowest BCUT2D eigenvalue weighted by Crippen LogP contribution is -2.12. The first-order valence-electron chi connectivity index (χ1n) is 7.88. The van der Waals surface area contributed by atoms with Gasteiger partial charge in [-0.3, -0.25) is 9.78 Å². The van der Waals surface area contributed by atoms with E-state index in [2.05, 4.69) is 15.3 Å². The summed E-state index contributed by atoms with van der Waals surface area (Å²) in [5, 5.41) is 3.98. The van der Waals surface area contributed by atoms with Crippen molar-refractivity contribution in [3.05, 3.63) is 76.7 Å². The summed E-state index contributed by atoms with van der Waals surface area (Å²) in [6.45, 7) is 0. The molecule has 0 radical (unpaired) electrons. The fourth-order valence-corrected chi connectivity index (χ4v) is 2.80. The van der Waals surface area contributed by atoms with Crippen LogP contribution in [0, 0.1) is 0 Å². The fourth-order valence-electron chi connectivity index (χ4n) is 2.29. The van der Waals surface area contributed by atoms with Crippen LogP contribution in [-0.4, -0.2) is 15.9 Å². The van der Waals surface area contributed by atoms with Crippen LogP contribution >= 0.6 is 23.2 Å². The van der Waals surface area contributed by atoms with Crippen LogP contribution in [0.5, 0.6) is 11.6 Å². The summed E-state index contributed by atoms with van der Waals surface area (Å²) in [6, 6.07) is 12.3. The van der Waals surface area contributed by atoms with Gasteiger partial charge in [-0.25, -0.2) is 4.98 Å². The van der Waals surface area contributed by atoms with Crippen molar-refractivity contribution in [2.24, 2.45) is 0 Å².